The molecule has 0 bridgehead atoms. The minimum atomic E-state index is -0.0199. The molecule has 0 radical (unpaired) electrons. The van der Waals surface area contributed by atoms with Crippen LogP contribution in [0.4, 0.5) is 11.4 Å². The molecule has 0 heterocycles. The van der Waals surface area contributed by atoms with Crippen molar-refractivity contribution in [2.24, 2.45) is 0 Å². The second-order valence-electron chi connectivity index (χ2n) is 13.4. The van der Waals surface area contributed by atoms with Crippen LogP contribution in [-0.4, -0.2) is 49.6 Å². The highest BCUT2D eigenvalue weighted by atomic mass is 15.1. The molecule has 1 aliphatic rings. The Labute approximate surface area is 258 Å². The molecule has 0 saturated heterocycles. The predicted octanol–water partition coefficient (Wildman–Crippen LogP) is 9.40. The van der Waals surface area contributed by atoms with Crippen LogP contribution in [0.3, 0.4) is 0 Å². The molecule has 228 valence electrons. The first kappa shape index (κ1) is 33.4. The lowest BCUT2D eigenvalue weighted by Gasteiger charge is -2.32. The van der Waals surface area contributed by atoms with Crippen LogP contribution in [0.1, 0.15) is 105 Å². The Morgan fingerprint density at radius 1 is 0.571 bits per heavy atom. The molecular weight excluding hydrogens is 510 g/mol. The molecule has 0 atom stereocenters. The summed E-state index contributed by atoms with van der Waals surface area (Å²) in [5.74, 6) is 0. The van der Waals surface area contributed by atoms with E-state index in [9.17, 15) is 0 Å². The van der Waals surface area contributed by atoms with Gasteiger partial charge in [0.25, 0.3) is 0 Å². The van der Waals surface area contributed by atoms with E-state index in [1.54, 1.807) is 0 Å². The number of nitrogens with zero attached hydrogens (tertiary/aromatic N) is 3. The van der Waals surface area contributed by atoms with Crippen molar-refractivity contribution in [3.05, 3.63) is 88.5 Å². The van der Waals surface area contributed by atoms with Crippen molar-refractivity contribution in [3.8, 4) is 0 Å². The molecule has 0 N–H and O–H groups in total. The number of hydrogen-bond donors (Lipinski definition) is 0. The van der Waals surface area contributed by atoms with Crippen molar-refractivity contribution >= 4 is 22.7 Å². The molecule has 0 aliphatic heterocycles. The van der Waals surface area contributed by atoms with Crippen molar-refractivity contribution in [2.75, 3.05) is 49.1 Å². The van der Waals surface area contributed by atoms with E-state index in [4.69, 9.17) is 0 Å². The Morgan fingerprint density at radius 3 is 1.26 bits per heavy atom. The Balaban J connectivity index is 2.46. The van der Waals surface area contributed by atoms with Crippen LogP contribution < -0.4 is 9.80 Å². The first-order chi connectivity index (χ1) is 19.8. The number of benzene rings is 2. The van der Waals surface area contributed by atoms with E-state index < -0.39 is 0 Å². The van der Waals surface area contributed by atoms with E-state index in [0.717, 1.165) is 39.3 Å². The maximum Gasteiger partial charge on any atom is 0.199 e. The number of anilines is 2. The van der Waals surface area contributed by atoms with Crippen LogP contribution in [0.25, 0.3) is 5.57 Å². The summed E-state index contributed by atoms with van der Waals surface area (Å²) >= 11 is 0. The van der Waals surface area contributed by atoms with Crippen LogP contribution in [-0.2, 0) is 10.8 Å². The average Bonchev–Trinajstić information content (AvgIpc) is 2.96. The number of rotatable bonds is 10. The fraction of sp³-hybridized carbons (Fsp3) is 0.513. The summed E-state index contributed by atoms with van der Waals surface area (Å²) in [6.07, 6.45) is 9.31. The summed E-state index contributed by atoms with van der Waals surface area (Å²) in [5, 5.41) is 0. The van der Waals surface area contributed by atoms with Gasteiger partial charge >= 0.3 is 0 Å². The smallest absolute Gasteiger partial charge is 0.199 e. The lowest BCUT2D eigenvalue weighted by molar-refractivity contribution is -0.519. The zero-order valence-electron chi connectivity index (χ0n) is 28.9. The fourth-order valence-electron chi connectivity index (χ4n) is 6.20. The lowest BCUT2D eigenvalue weighted by Crippen LogP contribution is -2.24. The van der Waals surface area contributed by atoms with Crippen molar-refractivity contribution in [1.29, 1.82) is 0 Å². The molecule has 1 aliphatic carbocycles. The van der Waals surface area contributed by atoms with E-state index in [-0.39, 0.29) is 10.8 Å². The van der Waals surface area contributed by atoms with Gasteiger partial charge in [0.05, 0.1) is 0 Å². The molecule has 3 heteroatoms. The third-order valence-electron chi connectivity index (χ3n) is 8.70. The molecule has 0 amide bonds. The summed E-state index contributed by atoms with van der Waals surface area (Å²) < 4.78 is 2.42. The fourth-order valence-corrected chi connectivity index (χ4v) is 6.20. The predicted molar refractivity (Wildman–Crippen MR) is 188 cm³/mol. The van der Waals surface area contributed by atoms with Crippen molar-refractivity contribution in [2.45, 2.75) is 93.9 Å². The minimum absolute atomic E-state index is 0.0199. The summed E-state index contributed by atoms with van der Waals surface area (Å²) in [4.78, 5) is 4.91. The topological polar surface area (TPSA) is 9.49 Å². The quantitative estimate of drug-likeness (QED) is 0.264. The molecule has 0 fully saturated rings. The average molecular weight is 569 g/mol. The second kappa shape index (κ2) is 13.9. The molecule has 0 spiro atoms. The first-order valence-electron chi connectivity index (χ1n) is 16.4. The third-order valence-corrected chi connectivity index (χ3v) is 8.70. The largest absolute Gasteiger partial charge is 0.372 e. The molecule has 2 aromatic rings. The van der Waals surface area contributed by atoms with E-state index in [2.05, 4.69) is 158 Å². The molecule has 2 aromatic carbocycles. The Bertz CT molecular complexity index is 1250. The summed E-state index contributed by atoms with van der Waals surface area (Å²) in [6.45, 7) is 33.6. The zero-order chi connectivity index (χ0) is 31.2. The number of hydrogen-bond acceptors (Lipinski definition) is 2. The highest BCUT2D eigenvalue weighted by molar-refractivity contribution is 6.04. The Kier molecular flexibility index (Phi) is 11.1. The van der Waals surface area contributed by atoms with Crippen LogP contribution >= 0.6 is 0 Å². The summed E-state index contributed by atoms with van der Waals surface area (Å²) in [6, 6.07) is 14.4. The molecule has 42 heavy (non-hydrogen) atoms. The number of allylic oxidation sites excluding steroid dienone is 5. The van der Waals surface area contributed by atoms with Gasteiger partial charge in [-0.15, -0.1) is 0 Å². The normalized spacial score (nSPS) is 13.5. The van der Waals surface area contributed by atoms with Gasteiger partial charge in [-0.3, -0.25) is 0 Å². The van der Waals surface area contributed by atoms with Gasteiger partial charge in [0.2, 0.25) is 0 Å². The van der Waals surface area contributed by atoms with Crippen LogP contribution in [0.15, 0.2) is 66.3 Å². The molecule has 0 saturated carbocycles. The standard InChI is InChI=1S/C39H58N3/c1-13-40(14-2)30-21-19-29(20-22-30)37(33-25-23-31(41(15-3)16-4)27-35(33)38(7,8)9)34-26-24-32(42(17-5)18-6)28-36(34)39(10,11)12/h19-28H,13-18H2,1-12H3/q+1. The summed E-state index contributed by atoms with van der Waals surface area (Å²) in [5.41, 5.74) is 11.9. The minimum Gasteiger partial charge on any atom is -0.372 e. The van der Waals surface area contributed by atoms with Gasteiger partial charge in [0.15, 0.2) is 5.71 Å². The molecule has 3 nitrogen and oxygen atoms in total. The highest BCUT2D eigenvalue weighted by Crippen LogP contribution is 2.43. The van der Waals surface area contributed by atoms with Gasteiger partial charge in [-0.25, -0.2) is 4.58 Å². The van der Waals surface area contributed by atoms with E-state index in [1.807, 2.05) is 0 Å². The van der Waals surface area contributed by atoms with Gasteiger partial charge in [0.1, 0.15) is 13.1 Å². The summed E-state index contributed by atoms with van der Waals surface area (Å²) in [7, 11) is 0. The van der Waals surface area contributed by atoms with Crippen molar-refractivity contribution in [1.82, 2.24) is 0 Å². The van der Waals surface area contributed by atoms with Gasteiger partial charge in [-0.1, -0.05) is 53.7 Å². The van der Waals surface area contributed by atoms with Crippen LogP contribution in [0, 0.1) is 0 Å². The van der Waals surface area contributed by atoms with Gasteiger partial charge in [-0.05, 0) is 122 Å². The highest BCUT2D eigenvalue weighted by Gasteiger charge is 2.28. The monoisotopic (exact) mass is 568 g/mol. The van der Waals surface area contributed by atoms with Crippen LogP contribution in [0.5, 0.6) is 0 Å². The third kappa shape index (κ3) is 7.28. The molecule has 0 unspecified atom stereocenters. The molecular formula is C39H58N3+. The van der Waals surface area contributed by atoms with Crippen LogP contribution in [0.2, 0.25) is 0 Å². The zero-order valence-corrected chi connectivity index (χ0v) is 28.9. The van der Waals surface area contributed by atoms with Gasteiger partial charge < -0.3 is 9.80 Å². The lowest BCUT2D eigenvalue weighted by atomic mass is 9.75. The Morgan fingerprint density at radius 2 is 0.952 bits per heavy atom. The van der Waals surface area contributed by atoms with E-state index in [0.29, 0.717) is 0 Å². The Hall–Kier alpha value is -3.07. The molecule has 3 rings (SSSR count). The second-order valence-corrected chi connectivity index (χ2v) is 13.4. The van der Waals surface area contributed by atoms with Gasteiger partial charge in [-0.2, -0.15) is 0 Å². The SMILES string of the molecule is CCN(CC)c1ccc(C(=C2C=CC(=[N+](CC)CC)C=C2)c2ccc(N(CC)CC)cc2C(C)(C)C)c(C(C)(C)C)c1. The molecule has 0 aromatic heterocycles. The van der Waals surface area contributed by atoms with Crippen molar-refractivity contribution < 1.29 is 4.58 Å². The first-order valence-corrected chi connectivity index (χ1v) is 16.4. The van der Waals surface area contributed by atoms with Crippen molar-refractivity contribution in [3.63, 3.8) is 0 Å². The van der Waals surface area contributed by atoms with E-state index in [1.165, 1.54) is 50.5 Å². The van der Waals surface area contributed by atoms with E-state index >= 15 is 0 Å². The maximum absolute atomic E-state index is 2.46. The van der Waals surface area contributed by atoms with Gasteiger partial charge in [0, 0.05) is 49.7 Å². The maximum atomic E-state index is 2.46.